The molecule has 1 aromatic carbocycles. The van der Waals surface area contributed by atoms with Gasteiger partial charge in [0.2, 0.25) is 5.75 Å². The van der Waals surface area contributed by atoms with Gasteiger partial charge in [-0.05, 0) is 18.9 Å². The predicted molar refractivity (Wildman–Crippen MR) is 99.1 cm³/mol. The topological polar surface area (TPSA) is 118 Å². The number of fused-ring (bicyclic) bond motifs is 1. The van der Waals surface area contributed by atoms with E-state index in [0.29, 0.717) is 41.5 Å². The maximum atomic E-state index is 10.1. The van der Waals surface area contributed by atoms with Crippen LogP contribution in [-0.4, -0.2) is 49.5 Å². The minimum Gasteiger partial charge on any atom is -0.493 e. The zero-order valence-electron chi connectivity index (χ0n) is 15.7. The van der Waals surface area contributed by atoms with Gasteiger partial charge in [0, 0.05) is 6.54 Å². The fraction of sp³-hybridized carbons (Fsp3) is 0.529. The molecule has 148 valence electrons. The molecule has 0 aliphatic rings. The average molecular weight is 380 g/mol. The number of aromatic nitrogens is 2. The number of nitrogens with one attached hydrogen (secondary N) is 1. The Labute approximate surface area is 156 Å². The standard InChI is InChI=1S/C17H24N4O6/c1-24-13-10-12-14(16(26-3)15(13)25-2)19-11-20-17(12)18-8-6-4-5-7-9-27-21(22)23/h10-11H,4-9H2,1-3H3,(H,18,19,20). The van der Waals surface area contributed by atoms with Gasteiger partial charge in [0.15, 0.2) is 11.5 Å². The molecule has 2 aromatic rings. The van der Waals surface area contributed by atoms with E-state index >= 15 is 0 Å². The van der Waals surface area contributed by atoms with Crippen molar-refractivity contribution in [2.24, 2.45) is 0 Å². The third-order valence-corrected chi connectivity index (χ3v) is 3.99. The van der Waals surface area contributed by atoms with Gasteiger partial charge >= 0.3 is 0 Å². The molecule has 10 nitrogen and oxygen atoms in total. The molecule has 27 heavy (non-hydrogen) atoms. The highest BCUT2D eigenvalue weighted by molar-refractivity contribution is 5.96. The number of ether oxygens (including phenoxy) is 3. The Hall–Kier alpha value is -3.04. The molecule has 0 aliphatic carbocycles. The fourth-order valence-corrected chi connectivity index (χ4v) is 2.73. The smallest absolute Gasteiger partial charge is 0.294 e. The van der Waals surface area contributed by atoms with E-state index in [-0.39, 0.29) is 6.61 Å². The maximum Gasteiger partial charge on any atom is 0.294 e. The van der Waals surface area contributed by atoms with Crippen molar-refractivity contribution in [2.75, 3.05) is 39.8 Å². The second-order valence-electron chi connectivity index (χ2n) is 5.66. The number of methoxy groups -OCH3 is 3. The number of unbranched alkanes of at least 4 members (excludes halogenated alkanes) is 3. The van der Waals surface area contributed by atoms with Gasteiger partial charge in [0.05, 0.1) is 33.3 Å². The van der Waals surface area contributed by atoms with Crippen LogP contribution in [0.5, 0.6) is 17.2 Å². The Morgan fingerprint density at radius 3 is 2.44 bits per heavy atom. The van der Waals surface area contributed by atoms with Crippen LogP contribution in [0.1, 0.15) is 25.7 Å². The molecule has 0 unspecified atom stereocenters. The van der Waals surface area contributed by atoms with Crippen molar-refractivity contribution in [3.63, 3.8) is 0 Å². The number of nitrogens with zero attached hydrogens (tertiary/aromatic N) is 3. The molecule has 0 aliphatic heterocycles. The van der Waals surface area contributed by atoms with E-state index in [4.69, 9.17) is 14.2 Å². The largest absolute Gasteiger partial charge is 0.493 e. The van der Waals surface area contributed by atoms with Gasteiger partial charge in [-0.3, -0.25) is 0 Å². The lowest BCUT2D eigenvalue weighted by atomic mass is 10.1. The van der Waals surface area contributed by atoms with Crippen LogP contribution < -0.4 is 19.5 Å². The van der Waals surface area contributed by atoms with Crippen LogP contribution in [0.15, 0.2) is 12.4 Å². The fourth-order valence-electron chi connectivity index (χ4n) is 2.73. The molecular weight excluding hydrogens is 356 g/mol. The van der Waals surface area contributed by atoms with Crippen LogP contribution in [0.3, 0.4) is 0 Å². The van der Waals surface area contributed by atoms with E-state index in [1.165, 1.54) is 6.33 Å². The Balaban J connectivity index is 2.01. The number of hydrogen-bond donors (Lipinski definition) is 1. The summed E-state index contributed by atoms with van der Waals surface area (Å²) < 4.78 is 16.2. The quantitative estimate of drug-likeness (QED) is 0.337. The first-order valence-electron chi connectivity index (χ1n) is 8.57. The summed E-state index contributed by atoms with van der Waals surface area (Å²) in [6.45, 7) is 0.845. The van der Waals surface area contributed by atoms with Gasteiger partial charge in [-0.2, -0.15) is 0 Å². The van der Waals surface area contributed by atoms with Crippen molar-refractivity contribution in [1.29, 1.82) is 0 Å². The summed E-state index contributed by atoms with van der Waals surface area (Å²) in [5, 5.41) is 13.4. The van der Waals surface area contributed by atoms with E-state index in [1.54, 1.807) is 21.3 Å². The molecule has 0 saturated carbocycles. The highest BCUT2D eigenvalue weighted by Crippen LogP contribution is 2.43. The number of rotatable bonds is 12. The van der Waals surface area contributed by atoms with Crippen molar-refractivity contribution < 1.29 is 24.1 Å². The molecule has 0 fully saturated rings. The highest BCUT2D eigenvalue weighted by Gasteiger charge is 2.19. The zero-order chi connectivity index (χ0) is 19.6. The number of hydrogen-bond acceptors (Lipinski definition) is 9. The molecule has 1 N–H and O–H groups in total. The van der Waals surface area contributed by atoms with Crippen LogP contribution >= 0.6 is 0 Å². The highest BCUT2D eigenvalue weighted by atomic mass is 16.9. The second-order valence-corrected chi connectivity index (χ2v) is 5.66. The van der Waals surface area contributed by atoms with E-state index in [9.17, 15) is 10.1 Å². The van der Waals surface area contributed by atoms with Crippen LogP contribution in [0.4, 0.5) is 5.82 Å². The van der Waals surface area contributed by atoms with E-state index < -0.39 is 5.09 Å². The molecule has 0 radical (unpaired) electrons. The molecule has 1 heterocycles. The monoisotopic (exact) mass is 380 g/mol. The lowest BCUT2D eigenvalue weighted by Gasteiger charge is -2.15. The van der Waals surface area contributed by atoms with E-state index in [2.05, 4.69) is 20.1 Å². The summed E-state index contributed by atoms with van der Waals surface area (Å²) in [7, 11) is 4.65. The van der Waals surface area contributed by atoms with E-state index in [1.807, 2.05) is 6.07 Å². The predicted octanol–water partition coefficient (Wildman–Crippen LogP) is 2.84. The minimum absolute atomic E-state index is 0.137. The Bertz CT molecular complexity index is 771. The van der Waals surface area contributed by atoms with Crippen LogP contribution in [0.25, 0.3) is 10.9 Å². The third-order valence-electron chi connectivity index (χ3n) is 3.99. The van der Waals surface area contributed by atoms with Crippen molar-refractivity contribution in [1.82, 2.24) is 9.97 Å². The van der Waals surface area contributed by atoms with Gasteiger partial charge in [0.1, 0.15) is 17.7 Å². The molecule has 0 amide bonds. The van der Waals surface area contributed by atoms with Gasteiger partial charge in [-0.1, -0.05) is 12.8 Å². The lowest BCUT2D eigenvalue weighted by molar-refractivity contribution is -0.757. The molecule has 10 heteroatoms. The van der Waals surface area contributed by atoms with Gasteiger partial charge in [-0.15, -0.1) is 10.1 Å². The SMILES string of the molecule is COc1cc2c(NCCCCCCO[N+](=O)[O-])ncnc2c(OC)c1OC. The molecule has 2 rings (SSSR count). The summed E-state index contributed by atoms with van der Waals surface area (Å²) >= 11 is 0. The van der Waals surface area contributed by atoms with E-state index in [0.717, 1.165) is 24.6 Å². The van der Waals surface area contributed by atoms with Crippen LogP contribution in [0.2, 0.25) is 0 Å². The molecule has 0 spiro atoms. The Kier molecular flexibility index (Phi) is 7.65. The van der Waals surface area contributed by atoms with Crippen LogP contribution in [0, 0.1) is 10.1 Å². The number of anilines is 1. The van der Waals surface area contributed by atoms with Crippen molar-refractivity contribution in [3.8, 4) is 17.2 Å². The van der Waals surface area contributed by atoms with Crippen LogP contribution in [-0.2, 0) is 4.84 Å². The average Bonchev–Trinajstić information content (AvgIpc) is 2.68. The Morgan fingerprint density at radius 1 is 1.04 bits per heavy atom. The van der Waals surface area contributed by atoms with Gasteiger partial charge in [0.25, 0.3) is 5.09 Å². The molecule has 0 bridgehead atoms. The normalized spacial score (nSPS) is 10.5. The van der Waals surface area contributed by atoms with Crippen molar-refractivity contribution in [2.45, 2.75) is 25.7 Å². The summed E-state index contributed by atoms with van der Waals surface area (Å²) in [5.74, 6) is 2.18. The first kappa shape index (κ1) is 20.3. The summed E-state index contributed by atoms with van der Waals surface area (Å²) in [4.78, 5) is 23.0. The third kappa shape index (κ3) is 5.22. The van der Waals surface area contributed by atoms with Gasteiger partial charge < -0.3 is 24.4 Å². The summed E-state index contributed by atoms with van der Waals surface area (Å²) in [6.07, 6.45) is 4.81. The molecule has 1 aromatic heterocycles. The first-order chi connectivity index (χ1) is 13.1. The molecule has 0 atom stereocenters. The summed E-state index contributed by atoms with van der Waals surface area (Å²) in [5.41, 5.74) is 0.629. The first-order valence-corrected chi connectivity index (χ1v) is 8.57. The lowest BCUT2D eigenvalue weighted by Crippen LogP contribution is -2.06. The number of benzene rings is 1. The van der Waals surface area contributed by atoms with Crippen molar-refractivity contribution >= 4 is 16.7 Å². The van der Waals surface area contributed by atoms with Gasteiger partial charge in [-0.25, -0.2) is 9.97 Å². The summed E-state index contributed by atoms with van der Waals surface area (Å²) in [6, 6.07) is 1.81. The second kappa shape index (κ2) is 10.2. The maximum absolute atomic E-state index is 10.1. The minimum atomic E-state index is -0.765. The van der Waals surface area contributed by atoms with Crippen molar-refractivity contribution in [3.05, 3.63) is 22.5 Å². The molecular formula is C17H24N4O6. The zero-order valence-corrected chi connectivity index (χ0v) is 15.7. The molecule has 0 saturated heterocycles. The Morgan fingerprint density at radius 2 is 1.78 bits per heavy atom.